The topological polar surface area (TPSA) is 226 Å². The second-order valence-corrected chi connectivity index (χ2v) is 19.3. The summed E-state index contributed by atoms with van der Waals surface area (Å²) < 4.78 is 0. The summed E-state index contributed by atoms with van der Waals surface area (Å²) in [5, 5.41) is 25.6. The van der Waals surface area contributed by atoms with Crippen LogP contribution in [0.4, 0.5) is 0 Å². The third-order valence-corrected chi connectivity index (χ3v) is 13.4. The zero-order valence-electron chi connectivity index (χ0n) is 40.7. The van der Waals surface area contributed by atoms with Gasteiger partial charge in [-0.3, -0.25) is 38.6 Å². The molecular formula is C50H78N8O9. The van der Waals surface area contributed by atoms with Gasteiger partial charge in [-0.25, -0.2) is 4.98 Å². The number of rotatable bonds is 26. The van der Waals surface area contributed by atoms with Crippen LogP contribution in [-0.2, 0) is 52.9 Å². The Hall–Kier alpha value is -4.84. The fraction of sp³-hybridized carbons (Fsp3) is 0.680. The number of amides is 2. The molecule has 0 aliphatic carbocycles. The number of aliphatic carboxylic acids is 2. The monoisotopic (exact) mass is 935 g/mol. The van der Waals surface area contributed by atoms with Crippen LogP contribution in [0.25, 0.3) is 0 Å². The number of Topliss-reactive ketones (excluding diaryl/α,β-unsaturated/α-hetero) is 3. The number of imidazole rings is 1. The number of carbonyl (C=O) groups is 7. The zero-order chi connectivity index (χ0) is 48.9. The van der Waals surface area contributed by atoms with E-state index >= 15 is 0 Å². The summed E-state index contributed by atoms with van der Waals surface area (Å²) in [4.78, 5) is 106. The first-order chi connectivity index (χ1) is 32.0. The number of hydrogen-bond acceptors (Lipinski definition) is 12. The third kappa shape index (κ3) is 19.7. The van der Waals surface area contributed by atoms with Gasteiger partial charge >= 0.3 is 11.9 Å². The molecule has 67 heavy (non-hydrogen) atoms. The van der Waals surface area contributed by atoms with Crippen LogP contribution in [0.2, 0.25) is 0 Å². The van der Waals surface area contributed by atoms with E-state index in [2.05, 4.69) is 30.4 Å². The maximum absolute atomic E-state index is 13.9. The molecule has 4 rings (SSSR count). The van der Waals surface area contributed by atoms with E-state index in [-0.39, 0.29) is 92.6 Å². The fourth-order valence-corrected chi connectivity index (χ4v) is 9.27. The second kappa shape index (κ2) is 28.5. The molecule has 5 N–H and O–H groups in total. The van der Waals surface area contributed by atoms with Crippen LogP contribution in [-0.4, -0.2) is 165 Å². The van der Waals surface area contributed by atoms with Crippen molar-refractivity contribution in [2.45, 2.75) is 124 Å². The number of ketones is 3. The van der Waals surface area contributed by atoms with Crippen molar-refractivity contribution in [1.29, 1.82) is 0 Å². The van der Waals surface area contributed by atoms with Gasteiger partial charge in [0, 0.05) is 109 Å². The van der Waals surface area contributed by atoms with E-state index in [1.165, 1.54) is 13.3 Å². The average Bonchev–Trinajstić information content (AvgIpc) is 3.80. The molecular weight excluding hydrogens is 857 g/mol. The van der Waals surface area contributed by atoms with Crippen LogP contribution in [0.15, 0.2) is 36.8 Å². The molecule has 0 spiro atoms. The molecule has 2 bridgehead atoms. The molecule has 2 aliphatic rings. The second-order valence-electron chi connectivity index (χ2n) is 19.3. The van der Waals surface area contributed by atoms with Crippen LogP contribution in [0.5, 0.6) is 0 Å². The minimum atomic E-state index is -0.916. The minimum Gasteiger partial charge on any atom is -0.480 e. The molecule has 1 aromatic carbocycles. The Kier molecular flexibility index (Phi) is 23.3. The summed E-state index contributed by atoms with van der Waals surface area (Å²) >= 11 is 0. The molecule has 2 amide bonds. The summed E-state index contributed by atoms with van der Waals surface area (Å²) in [6, 6.07) is 6.10. The van der Waals surface area contributed by atoms with E-state index in [9.17, 15) is 43.8 Å². The predicted molar refractivity (Wildman–Crippen MR) is 255 cm³/mol. The number of fused-ring (bicyclic) bond motifs is 3. The van der Waals surface area contributed by atoms with Gasteiger partial charge in [0.2, 0.25) is 11.8 Å². The summed E-state index contributed by atoms with van der Waals surface area (Å²) in [7, 11) is 0. The highest BCUT2D eigenvalue weighted by atomic mass is 16.4. The zero-order valence-corrected chi connectivity index (χ0v) is 40.7. The Morgan fingerprint density at radius 3 is 2.04 bits per heavy atom. The quantitative estimate of drug-likeness (QED) is 0.0904. The first kappa shape index (κ1) is 54.8. The van der Waals surface area contributed by atoms with Crippen LogP contribution in [0, 0.1) is 23.7 Å². The molecule has 7 atom stereocenters. The van der Waals surface area contributed by atoms with Gasteiger partial charge in [-0.05, 0) is 75.1 Å². The number of aromatic nitrogens is 2. The Morgan fingerprint density at radius 1 is 0.776 bits per heavy atom. The Balaban J connectivity index is 1.27. The number of nitrogens with one attached hydrogen (secondary N) is 3. The first-order valence-corrected chi connectivity index (χ1v) is 24.5. The number of carbonyl (C=O) groups excluding carboxylic acids is 5. The van der Waals surface area contributed by atoms with Crippen molar-refractivity contribution >= 4 is 41.1 Å². The Labute approximate surface area is 397 Å². The van der Waals surface area contributed by atoms with Gasteiger partial charge < -0.3 is 40.4 Å². The molecule has 2 fully saturated rings. The molecule has 2 saturated heterocycles. The predicted octanol–water partition coefficient (Wildman–Crippen LogP) is 3.85. The highest BCUT2D eigenvalue weighted by Crippen LogP contribution is 2.22. The maximum atomic E-state index is 13.9. The van der Waals surface area contributed by atoms with E-state index < -0.39 is 35.9 Å². The number of aryl methyl sites for hydroxylation is 1. The van der Waals surface area contributed by atoms with E-state index in [1.807, 2.05) is 61.8 Å². The van der Waals surface area contributed by atoms with Crippen LogP contribution >= 0.6 is 0 Å². The maximum Gasteiger partial charge on any atom is 0.320 e. The smallest absolute Gasteiger partial charge is 0.320 e. The van der Waals surface area contributed by atoms with Gasteiger partial charge in [0.25, 0.3) is 0 Å². The highest BCUT2D eigenvalue weighted by molar-refractivity contribution is 5.94. The van der Waals surface area contributed by atoms with Crippen molar-refractivity contribution < 1.29 is 43.8 Å². The summed E-state index contributed by atoms with van der Waals surface area (Å²) in [6.45, 7) is 17.0. The lowest BCUT2D eigenvalue weighted by Gasteiger charge is -2.37. The lowest BCUT2D eigenvalue weighted by molar-refractivity contribution is -0.144. The third-order valence-electron chi connectivity index (χ3n) is 13.4. The first-order valence-electron chi connectivity index (χ1n) is 24.5. The number of aromatic amines is 1. The molecule has 4 unspecified atom stereocenters. The standard InChI is InChI=1S/C50H78N8O9/c1-6-36(4)47(54-49(65)41(28-37(5)59)29-42-32-51-34-53-42)45(61)30-40(27-35(2)3)48(64)52-31-39-11-9-38(10-12-39)13-14-43(60)15-16-44(50(66)67)58-20-8-18-55-21-22-56(25-26-58)17-7-19-57(24-23-55)33-46(62)63/h9-12,32,34-36,40-41,44,47H,6-8,13-31,33H2,1-5H3,(H,51,53)(H,52,64)(H,54,65)(H,62,63)(H,66,67)/t36?,40-,41+,44?,47+/m1/s1. The summed E-state index contributed by atoms with van der Waals surface area (Å²) in [5.74, 6) is -4.03. The molecule has 0 saturated carbocycles. The van der Waals surface area contributed by atoms with Gasteiger partial charge in [-0.2, -0.15) is 0 Å². The van der Waals surface area contributed by atoms with Crippen LogP contribution < -0.4 is 10.6 Å². The number of H-pyrrole nitrogens is 1. The molecule has 1 aromatic heterocycles. The van der Waals surface area contributed by atoms with Gasteiger partial charge in [-0.15, -0.1) is 0 Å². The molecule has 2 aromatic rings. The largest absolute Gasteiger partial charge is 0.480 e. The van der Waals surface area contributed by atoms with Crippen LogP contribution in [0.1, 0.15) is 109 Å². The van der Waals surface area contributed by atoms with E-state index in [1.54, 1.807) is 6.20 Å². The van der Waals surface area contributed by atoms with E-state index in [0.29, 0.717) is 57.7 Å². The minimum absolute atomic E-state index is 0.00963. The molecule has 2 aliphatic heterocycles. The number of benzene rings is 1. The van der Waals surface area contributed by atoms with Gasteiger partial charge in [-0.1, -0.05) is 58.4 Å². The Bertz CT molecular complexity index is 1890. The van der Waals surface area contributed by atoms with Crippen molar-refractivity contribution in [1.82, 2.24) is 40.2 Å². The molecule has 0 radical (unpaired) electrons. The lowest BCUT2D eigenvalue weighted by Crippen LogP contribution is -2.50. The number of carboxylic acids is 2. The Morgan fingerprint density at radius 2 is 1.43 bits per heavy atom. The van der Waals surface area contributed by atoms with E-state index in [4.69, 9.17) is 0 Å². The van der Waals surface area contributed by atoms with Crippen molar-refractivity contribution in [3.05, 3.63) is 53.6 Å². The normalized spacial score (nSPS) is 19.9. The SMILES string of the molecule is CCC(C)[C@H](NC(=O)[C@@H](CC(C)=O)Cc1cnc[nH]1)C(=O)C[C@@H](CC(C)C)C(=O)NCc1ccc(CCC(=O)CCC(C(=O)O)N2CCCN3CCN(CCCN(CC(=O)O)CC3)CC2)cc1. The number of nitrogens with zero attached hydrogens (tertiary/aromatic N) is 5. The molecule has 17 nitrogen and oxygen atoms in total. The van der Waals surface area contributed by atoms with Crippen molar-refractivity contribution in [2.24, 2.45) is 23.7 Å². The van der Waals surface area contributed by atoms with Crippen molar-refractivity contribution in [3.8, 4) is 0 Å². The fourth-order valence-electron chi connectivity index (χ4n) is 9.27. The molecule has 3 heterocycles. The van der Waals surface area contributed by atoms with Gasteiger partial charge in [0.1, 0.15) is 17.6 Å². The average molecular weight is 935 g/mol. The summed E-state index contributed by atoms with van der Waals surface area (Å²) in [6.07, 6.45) is 7.34. The lowest BCUT2D eigenvalue weighted by atomic mass is 9.85. The van der Waals surface area contributed by atoms with Crippen LogP contribution in [0.3, 0.4) is 0 Å². The molecule has 372 valence electrons. The number of hydrogen-bond donors (Lipinski definition) is 5. The van der Waals surface area contributed by atoms with Crippen molar-refractivity contribution in [2.75, 3.05) is 72.0 Å². The van der Waals surface area contributed by atoms with Crippen molar-refractivity contribution in [3.63, 3.8) is 0 Å². The van der Waals surface area contributed by atoms with Gasteiger partial charge in [0.15, 0.2) is 5.78 Å². The summed E-state index contributed by atoms with van der Waals surface area (Å²) in [5.41, 5.74) is 2.53. The molecule has 17 heteroatoms. The number of carboxylic acid groups (broad SMARTS) is 2. The van der Waals surface area contributed by atoms with E-state index in [0.717, 1.165) is 56.7 Å². The highest BCUT2D eigenvalue weighted by Gasteiger charge is 2.33. The van der Waals surface area contributed by atoms with Gasteiger partial charge in [0.05, 0.1) is 24.8 Å².